The van der Waals surface area contributed by atoms with Gasteiger partial charge < -0.3 is 0 Å². The van der Waals surface area contributed by atoms with Crippen molar-refractivity contribution in [3.63, 3.8) is 0 Å². The molecule has 0 radical (unpaired) electrons. The Hall–Kier alpha value is -1.36. The van der Waals surface area contributed by atoms with Crippen molar-refractivity contribution in [3.05, 3.63) is 34.5 Å². The third-order valence-corrected chi connectivity index (χ3v) is 2.62. The number of fused-ring (bicyclic) bond motifs is 1. The fourth-order valence-electron chi connectivity index (χ4n) is 1.49. The molecule has 0 bridgehead atoms. The van der Waals surface area contributed by atoms with Gasteiger partial charge in [-0.3, -0.25) is 0 Å². The van der Waals surface area contributed by atoms with Crippen LogP contribution in [0.15, 0.2) is 12.1 Å². The van der Waals surface area contributed by atoms with Crippen molar-refractivity contribution in [1.82, 2.24) is 9.97 Å². The summed E-state index contributed by atoms with van der Waals surface area (Å²) in [6.07, 6.45) is 0. The molecule has 0 saturated carbocycles. The minimum atomic E-state index is -3.21. The van der Waals surface area contributed by atoms with Crippen LogP contribution in [0.4, 0.5) is 13.2 Å². The second kappa shape index (κ2) is 3.84. The van der Waals surface area contributed by atoms with E-state index in [1.807, 2.05) is 0 Å². The van der Waals surface area contributed by atoms with Crippen molar-refractivity contribution in [2.45, 2.75) is 19.8 Å². The van der Waals surface area contributed by atoms with Gasteiger partial charge in [-0.1, -0.05) is 17.7 Å². The second-order valence-electron chi connectivity index (χ2n) is 3.81. The van der Waals surface area contributed by atoms with Gasteiger partial charge in [0, 0.05) is 6.92 Å². The van der Waals surface area contributed by atoms with Gasteiger partial charge in [-0.15, -0.1) is 0 Å². The Labute approximate surface area is 100 Å². The van der Waals surface area contributed by atoms with Crippen LogP contribution in [0.5, 0.6) is 0 Å². The standard InChI is InChI=1S/C11H8ClF3N2/c1-5-3-4-6(13)7-8(5)16-10(11(2,14)15)17-9(7)12/h3-4H,1-2H3. The number of nitrogens with zero attached hydrogens (tertiary/aromatic N) is 2. The zero-order chi connectivity index (χ0) is 12.8. The van der Waals surface area contributed by atoms with Crippen LogP contribution in [0.1, 0.15) is 18.3 Å². The lowest BCUT2D eigenvalue weighted by Gasteiger charge is -2.11. The third kappa shape index (κ3) is 2.07. The summed E-state index contributed by atoms with van der Waals surface area (Å²) in [4.78, 5) is 7.12. The third-order valence-electron chi connectivity index (χ3n) is 2.35. The summed E-state index contributed by atoms with van der Waals surface area (Å²) >= 11 is 5.72. The minimum Gasteiger partial charge on any atom is -0.226 e. The van der Waals surface area contributed by atoms with Crippen LogP contribution >= 0.6 is 11.6 Å². The van der Waals surface area contributed by atoms with Crippen molar-refractivity contribution in [1.29, 1.82) is 0 Å². The molecule has 1 aromatic carbocycles. The van der Waals surface area contributed by atoms with Gasteiger partial charge in [-0.05, 0) is 18.6 Å². The summed E-state index contributed by atoms with van der Waals surface area (Å²) < 4.78 is 39.7. The van der Waals surface area contributed by atoms with E-state index in [1.54, 1.807) is 6.92 Å². The maximum Gasteiger partial charge on any atom is 0.303 e. The highest BCUT2D eigenvalue weighted by molar-refractivity contribution is 6.34. The van der Waals surface area contributed by atoms with E-state index in [2.05, 4.69) is 9.97 Å². The molecule has 0 aliphatic heterocycles. The van der Waals surface area contributed by atoms with E-state index in [-0.39, 0.29) is 16.1 Å². The molecule has 90 valence electrons. The van der Waals surface area contributed by atoms with Gasteiger partial charge in [0.25, 0.3) is 0 Å². The Morgan fingerprint density at radius 1 is 1.24 bits per heavy atom. The summed E-state index contributed by atoms with van der Waals surface area (Å²) in [5.41, 5.74) is 0.678. The van der Waals surface area contributed by atoms with Crippen LogP contribution < -0.4 is 0 Å². The summed E-state index contributed by atoms with van der Waals surface area (Å²) in [6, 6.07) is 2.66. The number of hydrogen-bond donors (Lipinski definition) is 0. The number of hydrogen-bond acceptors (Lipinski definition) is 2. The van der Waals surface area contributed by atoms with Gasteiger partial charge in [0.2, 0.25) is 5.82 Å². The van der Waals surface area contributed by atoms with Gasteiger partial charge in [0.05, 0.1) is 10.9 Å². The number of benzene rings is 1. The lowest BCUT2D eigenvalue weighted by atomic mass is 10.1. The molecule has 0 aliphatic rings. The summed E-state index contributed by atoms with van der Waals surface area (Å²) in [5, 5.41) is -0.326. The average Bonchev–Trinajstić information content (AvgIpc) is 2.21. The van der Waals surface area contributed by atoms with Crippen LogP contribution in [-0.4, -0.2) is 9.97 Å². The van der Waals surface area contributed by atoms with E-state index >= 15 is 0 Å². The minimum absolute atomic E-state index is 0.0281. The molecule has 2 rings (SSSR count). The summed E-state index contributed by atoms with van der Waals surface area (Å²) in [6.45, 7) is 2.31. The lowest BCUT2D eigenvalue weighted by Crippen LogP contribution is -2.13. The van der Waals surface area contributed by atoms with Crippen molar-refractivity contribution in [2.75, 3.05) is 0 Å². The van der Waals surface area contributed by atoms with Crippen LogP contribution in [0.2, 0.25) is 5.15 Å². The fourth-order valence-corrected chi connectivity index (χ4v) is 1.75. The van der Waals surface area contributed by atoms with Gasteiger partial charge in [0.15, 0.2) is 0 Å². The first-order chi connectivity index (χ1) is 7.80. The molecule has 0 aliphatic carbocycles. The Kier molecular flexibility index (Phi) is 2.73. The number of aryl methyl sites for hydroxylation is 1. The number of rotatable bonds is 1. The lowest BCUT2D eigenvalue weighted by molar-refractivity contribution is 0.00806. The van der Waals surface area contributed by atoms with Crippen molar-refractivity contribution in [3.8, 4) is 0 Å². The van der Waals surface area contributed by atoms with Crippen LogP contribution in [0.3, 0.4) is 0 Å². The van der Waals surface area contributed by atoms with E-state index in [4.69, 9.17) is 11.6 Å². The summed E-state index contributed by atoms with van der Waals surface area (Å²) in [7, 11) is 0. The molecule has 0 atom stereocenters. The maximum atomic E-state index is 13.5. The first-order valence-corrected chi connectivity index (χ1v) is 5.19. The maximum absolute atomic E-state index is 13.5. The van der Waals surface area contributed by atoms with E-state index < -0.39 is 17.6 Å². The zero-order valence-corrected chi connectivity index (χ0v) is 9.82. The van der Waals surface area contributed by atoms with Crippen LogP contribution in [0.25, 0.3) is 10.9 Å². The molecule has 0 N–H and O–H groups in total. The average molecular weight is 261 g/mol. The van der Waals surface area contributed by atoms with Crippen LogP contribution in [-0.2, 0) is 5.92 Å². The Bertz CT molecular complexity index is 593. The Morgan fingerprint density at radius 2 is 1.88 bits per heavy atom. The van der Waals surface area contributed by atoms with Crippen molar-refractivity contribution in [2.24, 2.45) is 0 Å². The van der Waals surface area contributed by atoms with Gasteiger partial charge >= 0.3 is 5.92 Å². The molecule has 2 nitrogen and oxygen atoms in total. The molecule has 1 aromatic heterocycles. The topological polar surface area (TPSA) is 25.8 Å². The molecule has 0 saturated heterocycles. The molecular weight excluding hydrogens is 253 g/mol. The highest BCUT2D eigenvalue weighted by atomic mass is 35.5. The molecule has 1 heterocycles. The first-order valence-electron chi connectivity index (χ1n) is 4.81. The van der Waals surface area contributed by atoms with E-state index in [0.717, 1.165) is 0 Å². The fraction of sp³-hybridized carbons (Fsp3) is 0.273. The van der Waals surface area contributed by atoms with Crippen molar-refractivity contribution >= 4 is 22.5 Å². The first kappa shape index (κ1) is 12.1. The van der Waals surface area contributed by atoms with Crippen molar-refractivity contribution < 1.29 is 13.2 Å². The number of halogens is 4. The highest BCUT2D eigenvalue weighted by Crippen LogP contribution is 2.31. The molecule has 0 amide bonds. The van der Waals surface area contributed by atoms with Gasteiger partial charge in [0.1, 0.15) is 11.0 Å². The Balaban J connectivity index is 2.87. The van der Waals surface area contributed by atoms with E-state index in [0.29, 0.717) is 12.5 Å². The van der Waals surface area contributed by atoms with E-state index in [9.17, 15) is 13.2 Å². The molecular formula is C11H8ClF3N2. The van der Waals surface area contributed by atoms with E-state index in [1.165, 1.54) is 12.1 Å². The predicted molar refractivity (Wildman–Crippen MR) is 58.8 cm³/mol. The molecule has 2 aromatic rings. The predicted octanol–water partition coefficient (Wildman–Crippen LogP) is 3.84. The SMILES string of the molecule is Cc1ccc(F)c2c(Cl)nc(C(C)(F)F)nc12. The molecule has 0 spiro atoms. The molecule has 6 heteroatoms. The van der Waals surface area contributed by atoms with Gasteiger partial charge in [-0.2, -0.15) is 8.78 Å². The zero-order valence-electron chi connectivity index (χ0n) is 9.06. The highest BCUT2D eigenvalue weighted by Gasteiger charge is 2.30. The number of alkyl halides is 2. The monoisotopic (exact) mass is 260 g/mol. The van der Waals surface area contributed by atoms with Gasteiger partial charge in [-0.25, -0.2) is 14.4 Å². The number of aromatic nitrogens is 2. The molecule has 17 heavy (non-hydrogen) atoms. The second-order valence-corrected chi connectivity index (χ2v) is 4.17. The Morgan fingerprint density at radius 3 is 2.47 bits per heavy atom. The normalized spacial score (nSPS) is 12.1. The largest absolute Gasteiger partial charge is 0.303 e. The molecule has 0 unspecified atom stereocenters. The quantitative estimate of drug-likeness (QED) is 0.728. The molecule has 0 fully saturated rings. The van der Waals surface area contributed by atoms with Crippen LogP contribution in [0, 0.1) is 12.7 Å². The smallest absolute Gasteiger partial charge is 0.226 e. The summed E-state index contributed by atoms with van der Waals surface area (Å²) in [5.74, 6) is -4.54.